The maximum Gasteiger partial charge on any atom is 0.295 e. The van der Waals surface area contributed by atoms with Crippen molar-refractivity contribution < 1.29 is 13.2 Å². The second kappa shape index (κ2) is 8.40. The van der Waals surface area contributed by atoms with Crippen molar-refractivity contribution in [1.29, 1.82) is 0 Å². The van der Waals surface area contributed by atoms with Gasteiger partial charge in [-0.15, -0.1) is 0 Å². The van der Waals surface area contributed by atoms with Crippen LogP contribution in [-0.2, 0) is 17.1 Å². The van der Waals surface area contributed by atoms with Gasteiger partial charge in [-0.25, -0.2) is 17.8 Å². The number of carbonyl (C=O) groups excluding carboxylic acids is 1. The van der Waals surface area contributed by atoms with Crippen LogP contribution in [0.25, 0.3) is 5.69 Å². The fraction of sp³-hybridized carbons (Fsp3) is 0.238. The molecule has 11 heteroatoms. The number of amides is 1. The van der Waals surface area contributed by atoms with Gasteiger partial charge < -0.3 is 5.32 Å². The lowest BCUT2D eigenvalue weighted by Gasteiger charge is -2.11. The number of rotatable bonds is 6. The predicted molar refractivity (Wildman–Crippen MR) is 124 cm³/mol. The molecule has 2 N–H and O–H groups in total. The van der Waals surface area contributed by atoms with E-state index in [2.05, 4.69) is 10.0 Å². The summed E-state index contributed by atoms with van der Waals surface area (Å²) >= 11 is 12.3. The molecule has 3 aromatic rings. The Morgan fingerprint density at radius 3 is 2.38 bits per heavy atom. The standard InChI is InChI=1S/C21H20Cl2N4O4S/c1-12-19(21(29)27(26(12)2)14-6-4-3-5-7-14)24-20(28)15-10-18(17(23)11-16(15)22)32(30,31)25-13-8-9-13/h3-7,10-11,13,25H,8-9H2,1-2H3,(H,24,28). The molecule has 32 heavy (non-hydrogen) atoms. The second-order valence-corrected chi connectivity index (χ2v) is 10.0. The maximum atomic E-state index is 13.0. The minimum Gasteiger partial charge on any atom is -0.316 e. The highest BCUT2D eigenvalue weighted by Crippen LogP contribution is 2.31. The van der Waals surface area contributed by atoms with Gasteiger partial charge >= 0.3 is 0 Å². The first kappa shape index (κ1) is 22.6. The van der Waals surface area contributed by atoms with E-state index in [1.165, 1.54) is 10.7 Å². The number of sulfonamides is 1. The van der Waals surface area contributed by atoms with Crippen LogP contribution < -0.4 is 15.6 Å². The molecule has 1 aliphatic carbocycles. The van der Waals surface area contributed by atoms with Gasteiger partial charge in [0.25, 0.3) is 11.5 Å². The normalized spacial score (nSPS) is 13.9. The lowest BCUT2D eigenvalue weighted by molar-refractivity contribution is 0.102. The SMILES string of the molecule is Cc1c(NC(=O)c2cc(S(=O)(=O)NC3CC3)c(Cl)cc2Cl)c(=O)n(-c2ccccc2)n1C. The van der Waals surface area contributed by atoms with Gasteiger partial charge in [0.05, 0.1) is 27.0 Å². The molecule has 4 rings (SSSR count). The number of hydrogen-bond donors (Lipinski definition) is 2. The Bertz CT molecular complexity index is 1380. The summed E-state index contributed by atoms with van der Waals surface area (Å²) in [5.74, 6) is -0.722. The average Bonchev–Trinajstić information content (AvgIpc) is 3.51. The Labute approximate surface area is 194 Å². The van der Waals surface area contributed by atoms with Gasteiger partial charge in [-0.3, -0.25) is 14.3 Å². The molecule has 0 bridgehead atoms. The molecule has 0 saturated heterocycles. The molecule has 0 aliphatic heterocycles. The summed E-state index contributed by atoms with van der Waals surface area (Å²) in [6.07, 6.45) is 1.50. The van der Waals surface area contributed by atoms with Crippen LogP contribution in [0.2, 0.25) is 10.0 Å². The molecule has 1 saturated carbocycles. The minimum atomic E-state index is -3.92. The fourth-order valence-corrected chi connectivity index (χ4v) is 5.45. The summed E-state index contributed by atoms with van der Waals surface area (Å²) < 4.78 is 30.8. The third-order valence-corrected chi connectivity index (χ3v) is 7.55. The molecule has 0 radical (unpaired) electrons. The largest absolute Gasteiger partial charge is 0.316 e. The Morgan fingerprint density at radius 1 is 1.09 bits per heavy atom. The highest BCUT2D eigenvalue weighted by molar-refractivity contribution is 7.89. The highest BCUT2D eigenvalue weighted by atomic mass is 35.5. The van der Waals surface area contributed by atoms with E-state index in [1.807, 2.05) is 6.07 Å². The van der Waals surface area contributed by atoms with Gasteiger partial charge in [0, 0.05) is 13.1 Å². The number of benzene rings is 2. The van der Waals surface area contributed by atoms with E-state index < -0.39 is 21.5 Å². The Balaban J connectivity index is 1.71. The van der Waals surface area contributed by atoms with Crippen LogP contribution in [0.5, 0.6) is 0 Å². The van der Waals surface area contributed by atoms with E-state index in [9.17, 15) is 18.0 Å². The molecule has 0 spiro atoms. The molecular formula is C21H20Cl2N4O4S. The fourth-order valence-electron chi connectivity index (χ4n) is 3.29. The number of halogens is 2. The van der Waals surface area contributed by atoms with E-state index in [4.69, 9.17) is 23.2 Å². The van der Waals surface area contributed by atoms with Crippen molar-refractivity contribution in [2.45, 2.75) is 30.7 Å². The summed E-state index contributed by atoms with van der Waals surface area (Å²) in [7, 11) is -2.22. The zero-order valence-corrected chi connectivity index (χ0v) is 19.6. The molecule has 0 unspecified atom stereocenters. The van der Waals surface area contributed by atoms with E-state index in [0.717, 1.165) is 18.9 Å². The summed E-state index contributed by atoms with van der Waals surface area (Å²) in [5, 5.41) is 2.45. The van der Waals surface area contributed by atoms with Crippen molar-refractivity contribution in [1.82, 2.24) is 14.1 Å². The number of nitrogens with zero attached hydrogens (tertiary/aromatic N) is 2. The lowest BCUT2D eigenvalue weighted by Crippen LogP contribution is -2.27. The van der Waals surface area contributed by atoms with Crippen LogP contribution in [0, 0.1) is 6.92 Å². The second-order valence-electron chi connectivity index (χ2n) is 7.55. The predicted octanol–water partition coefficient (Wildman–Crippen LogP) is 3.48. The summed E-state index contributed by atoms with van der Waals surface area (Å²) in [6.45, 7) is 1.69. The molecule has 8 nitrogen and oxygen atoms in total. The van der Waals surface area contributed by atoms with Crippen LogP contribution in [0.4, 0.5) is 5.69 Å². The van der Waals surface area contributed by atoms with Crippen LogP contribution >= 0.6 is 23.2 Å². The third kappa shape index (κ3) is 4.21. The number of nitrogens with one attached hydrogen (secondary N) is 2. The van der Waals surface area contributed by atoms with Crippen molar-refractivity contribution in [3.63, 3.8) is 0 Å². The van der Waals surface area contributed by atoms with Gasteiger partial charge in [0.1, 0.15) is 10.6 Å². The first-order chi connectivity index (χ1) is 15.1. The van der Waals surface area contributed by atoms with Crippen molar-refractivity contribution in [2.75, 3.05) is 5.32 Å². The Morgan fingerprint density at radius 2 is 1.75 bits per heavy atom. The first-order valence-electron chi connectivity index (χ1n) is 9.77. The average molecular weight is 495 g/mol. The molecule has 1 aliphatic rings. The number of carbonyl (C=O) groups is 1. The lowest BCUT2D eigenvalue weighted by atomic mass is 10.2. The van der Waals surface area contributed by atoms with Crippen molar-refractivity contribution in [3.05, 3.63) is 74.1 Å². The quantitative estimate of drug-likeness (QED) is 0.547. The number of para-hydroxylation sites is 1. The zero-order valence-electron chi connectivity index (χ0n) is 17.2. The van der Waals surface area contributed by atoms with Gasteiger partial charge in [0.15, 0.2) is 0 Å². The number of hydrogen-bond acceptors (Lipinski definition) is 4. The van der Waals surface area contributed by atoms with E-state index in [-0.39, 0.29) is 32.2 Å². The number of aromatic nitrogens is 2. The molecule has 168 valence electrons. The third-order valence-electron chi connectivity index (χ3n) is 5.25. The molecule has 2 aromatic carbocycles. The number of anilines is 1. The van der Waals surface area contributed by atoms with Gasteiger partial charge in [-0.1, -0.05) is 41.4 Å². The van der Waals surface area contributed by atoms with Gasteiger partial charge in [-0.2, -0.15) is 0 Å². The minimum absolute atomic E-state index is 0.0326. The van der Waals surface area contributed by atoms with Gasteiger partial charge in [0.2, 0.25) is 10.0 Å². The first-order valence-corrected chi connectivity index (χ1v) is 12.0. The summed E-state index contributed by atoms with van der Waals surface area (Å²) in [4.78, 5) is 25.8. The van der Waals surface area contributed by atoms with Crippen LogP contribution in [0.1, 0.15) is 28.9 Å². The molecular weight excluding hydrogens is 475 g/mol. The van der Waals surface area contributed by atoms with Gasteiger partial charge in [-0.05, 0) is 44.0 Å². The van der Waals surface area contributed by atoms with Crippen LogP contribution in [0.15, 0.2) is 52.2 Å². The van der Waals surface area contributed by atoms with Crippen molar-refractivity contribution >= 4 is 44.8 Å². The van der Waals surface area contributed by atoms with E-state index >= 15 is 0 Å². The summed E-state index contributed by atoms with van der Waals surface area (Å²) in [5.41, 5.74) is 0.667. The molecule has 1 aromatic heterocycles. The van der Waals surface area contributed by atoms with E-state index in [1.54, 1.807) is 42.9 Å². The Kier molecular flexibility index (Phi) is 5.93. The van der Waals surface area contributed by atoms with E-state index in [0.29, 0.717) is 11.4 Å². The van der Waals surface area contributed by atoms with Crippen molar-refractivity contribution in [2.24, 2.45) is 7.05 Å². The molecule has 1 amide bonds. The van der Waals surface area contributed by atoms with Crippen LogP contribution in [0.3, 0.4) is 0 Å². The molecule has 1 fully saturated rings. The summed E-state index contributed by atoms with van der Waals surface area (Å²) in [6, 6.07) is 11.2. The maximum absolute atomic E-state index is 13.0. The topological polar surface area (TPSA) is 102 Å². The van der Waals surface area contributed by atoms with Crippen LogP contribution in [-0.4, -0.2) is 29.7 Å². The smallest absolute Gasteiger partial charge is 0.295 e. The molecule has 0 atom stereocenters. The Hall–Kier alpha value is -2.59. The molecule has 1 heterocycles. The van der Waals surface area contributed by atoms with Crippen molar-refractivity contribution in [3.8, 4) is 5.69 Å². The highest BCUT2D eigenvalue weighted by Gasteiger charge is 2.30. The zero-order chi connectivity index (χ0) is 23.2. The monoisotopic (exact) mass is 494 g/mol.